The number of anilines is 1. The Bertz CT molecular complexity index is 467. The average molecular weight is 334 g/mol. The number of carbonyl (C=O) groups is 1. The van der Waals surface area contributed by atoms with Crippen LogP contribution in [0.3, 0.4) is 0 Å². The van der Waals surface area contributed by atoms with Crippen LogP contribution in [-0.2, 0) is 4.79 Å². The minimum atomic E-state index is -0.688. The van der Waals surface area contributed by atoms with Gasteiger partial charge >= 0.3 is 0 Å². The highest BCUT2D eigenvalue weighted by molar-refractivity contribution is 9.10. The predicted molar refractivity (Wildman–Crippen MR) is 79.8 cm³/mol. The SMILES string of the molecule is CC(C)(N)C(C)(C)C(=O)Nc1ccc(Cl)cc1Br. The Labute approximate surface area is 121 Å². The number of rotatable bonds is 3. The van der Waals surface area contributed by atoms with Gasteiger partial charge in [-0.3, -0.25) is 4.79 Å². The highest BCUT2D eigenvalue weighted by Gasteiger charge is 2.40. The van der Waals surface area contributed by atoms with Gasteiger partial charge in [0.15, 0.2) is 0 Å². The maximum Gasteiger partial charge on any atom is 0.231 e. The Morgan fingerprint density at radius 1 is 1.33 bits per heavy atom. The van der Waals surface area contributed by atoms with Crippen molar-refractivity contribution in [3.8, 4) is 0 Å². The normalized spacial score (nSPS) is 12.4. The number of nitrogens with two attached hydrogens (primary N) is 1. The number of benzene rings is 1. The van der Waals surface area contributed by atoms with Gasteiger partial charge in [0.1, 0.15) is 0 Å². The molecule has 0 aliphatic carbocycles. The Kier molecular flexibility index (Phi) is 4.47. The van der Waals surface area contributed by atoms with Gasteiger partial charge in [-0.1, -0.05) is 11.6 Å². The van der Waals surface area contributed by atoms with E-state index in [0.717, 1.165) is 4.47 Å². The summed E-state index contributed by atoms with van der Waals surface area (Å²) in [7, 11) is 0. The van der Waals surface area contributed by atoms with E-state index in [1.54, 1.807) is 18.2 Å². The van der Waals surface area contributed by atoms with Gasteiger partial charge in [0.05, 0.1) is 11.1 Å². The van der Waals surface area contributed by atoms with E-state index in [1.165, 1.54) is 0 Å². The molecule has 1 amide bonds. The molecule has 0 aromatic heterocycles. The summed E-state index contributed by atoms with van der Waals surface area (Å²) >= 11 is 9.22. The van der Waals surface area contributed by atoms with E-state index in [2.05, 4.69) is 21.2 Å². The number of nitrogens with one attached hydrogen (secondary N) is 1. The van der Waals surface area contributed by atoms with E-state index >= 15 is 0 Å². The molecule has 0 aliphatic heterocycles. The van der Waals surface area contributed by atoms with Crippen molar-refractivity contribution in [3.05, 3.63) is 27.7 Å². The molecule has 0 saturated heterocycles. The highest BCUT2D eigenvalue weighted by atomic mass is 79.9. The van der Waals surface area contributed by atoms with E-state index in [1.807, 2.05) is 27.7 Å². The highest BCUT2D eigenvalue weighted by Crippen LogP contribution is 2.32. The van der Waals surface area contributed by atoms with Gasteiger partial charge in [-0.05, 0) is 61.8 Å². The zero-order valence-corrected chi connectivity index (χ0v) is 13.3. The largest absolute Gasteiger partial charge is 0.325 e. The maximum atomic E-state index is 12.3. The molecule has 0 unspecified atom stereocenters. The standard InChI is InChI=1S/C13H18BrClN2O/c1-12(2,13(3,4)16)11(18)17-10-6-5-8(15)7-9(10)14/h5-7H,16H2,1-4H3,(H,17,18). The van der Waals surface area contributed by atoms with E-state index in [0.29, 0.717) is 10.7 Å². The van der Waals surface area contributed by atoms with Crippen molar-refractivity contribution < 1.29 is 4.79 Å². The van der Waals surface area contributed by atoms with Crippen LogP contribution in [0.2, 0.25) is 5.02 Å². The first-order chi connectivity index (χ1) is 8.05. The van der Waals surface area contributed by atoms with Gasteiger partial charge < -0.3 is 11.1 Å². The molecule has 0 fully saturated rings. The third-order valence-corrected chi connectivity index (χ3v) is 4.25. The van der Waals surface area contributed by atoms with Crippen LogP contribution in [-0.4, -0.2) is 11.4 Å². The van der Waals surface area contributed by atoms with Crippen molar-refractivity contribution in [1.29, 1.82) is 0 Å². The quantitative estimate of drug-likeness (QED) is 0.884. The molecule has 0 bridgehead atoms. The van der Waals surface area contributed by atoms with Gasteiger partial charge in [-0.15, -0.1) is 0 Å². The minimum Gasteiger partial charge on any atom is -0.325 e. The summed E-state index contributed by atoms with van der Waals surface area (Å²) in [6.45, 7) is 7.32. The zero-order valence-electron chi connectivity index (χ0n) is 11.0. The fraction of sp³-hybridized carbons (Fsp3) is 0.462. The molecule has 0 saturated carbocycles. The lowest BCUT2D eigenvalue weighted by atomic mass is 9.74. The van der Waals surface area contributed by atoms with Gasteiger partial charge in [0, 0.05) is 15.0 Å². The Morgan fingerprint density at radius 3 is 2.33 bits per heavy atom. The summed E-state index contributed by atoms with van der Waals surface area (Å²) in [5, 5.41) is 3.47. The lowest BCUT2D eigenvalue weighted by molar-refractivity contribution is -0.126. The monoisotopic (exact) mass is 332 g/mol. The molecule has 3 N–H and O–H groups in total. The van der Waals surface area contributed by atoms with Crippen LogP contribution in [0.5, 0.6) is 0 Å². The van der Waals surface area contributed by atoms with Gasteiger partial charge in [-0.2, -0.15) is 0 Å². The maximum absolute atomic E-state index is 12.3. The summed E-state index contributed by atoms with van der Waals surface area (Å²) < 4.78 is 0.744. The Hall–Kier alpha value is -0.580. The van der Waals surface area contributed by atoms with Crippen molar-refractivity contribution in [2.45, 2.75) is 33.2 Å². The second-order valence-electron chi connectivity index (χ2n) is 5.42. The second-order valence-corrected chi connectivity index (χ2v) is 6.72. The fourth-order valence-corrected chi connectivity index (χ4v) is 1.94. The lowest BCUT2D eigenvalue weighted by Gasteiger charge is -2.36. The third kappa shape index (κ3) is 3.25. The summed E-state index contributed by atoms with van der Waals surface area (Å²) in [5.74, 6) is -0.127. The van der Waals surface area contributed by atoms with Crippen molar-refractivity contribution >= 4 is 39.1 Å². The zero-order chi connectivity index (χ0) is 14.1. The predicted octanol–water partition coefficient (Wildman–Crippen LogP) is 3.80. The Morgan fingerprint density at radius 2 is 1.89 bits per heavy atom. The van der Waals surface area contributed by atoms with Crippen LogP contribution in [0.4, 0.5) is 5.69 Å². The summed E-state index contributed by atoms with van der Waals surface area (Å²) in [5.41, 5.74) is 5.41. The first-order valence-corrected chi connectivity index (χ1v) is 6.78. The smallest absolute Gasteiger partial charge is 0.231 e. The molecular weight excluding hydrogens is 316 g/mol. The summed E-state index contributed by atoms with van der Waals surface area (Å²) in [4.78, 5) is 12.3. The fourth-order valence-electron chi connectivity index (χ4n) is 1.16. The Balaban J connectivity index is 2.95. The molecule has 5 heteroatoms. The molecule has 1 aromatic rings. The van der Waals surface area contributed by atoms with E-state index < -0.39 is 11.0 Å². The lowest BCUT2D eigenvalue weighted by Crippen LogP contribution is -2.53. The van der Waals surface area contributed by atoms with E-state index in [9.17, 15) is 4.79 Å². The molecule has 0 heterocycles. The van der Waals surface area contributed by atoms with Gasteiger partial charge in [0.2, 0.25) is 5.91 Å². The van der Waals surface area contributed by atoms with Crippen molar-refractivity contribution in [1.82, 2.24) is 0 Å². The number of amides is 1. The van der Waals surface area contributed by atoms with E-state index in [4.69, 9.17) is 17.3 Å². The first kappa shape index (κ1) is 15.5. The van der Waals surface area contributed by atoms with Gasteiger partial charge in [-0.25, -0.2) is 0 Å². The van der Waals surface area contributed by atoms with Gasteiger partial charge in [0.25, 0.3) is 0 Å². The molecule has 0 radical (unpaired) electrons. The summed E-state index contributed by atoms with van der Waals surface area (Å²) in [6, 6.07) is 5.21. The number of hydrogen-bond donors (Lipinski definition) is 2. The van der Waals surface area contributed by atoms with E-state index in [-0.39, 0.29) is 5.91 Å². The first-order valence-electron chi connectivity index (χ1n) is 5.61. The topological polar surface area (TPSA) is 55.1 Å². The molecule has 18 heavy (non-hydrogen) atoms. The molecule has 3 nitrogen and oxygen atoms in total. The number of halogens is 2. The molecular formula is C13H18BrClN2O. The molecule has 100 valence electrons. The van der Waals surface area contributed by atoms with Crippen molar-refractivity contribution in [2.24, 2.45) is 11.1 Å². The van der Waals surface area contributed by atoms with Crippen molar-refractivity contribution in [2.75, 3.05) is 5.32 Å². The van der Waals surface area contributed by atoms with Crippen LogP contribution in [0, 0.1) is 5.41 Å². The number of carbonyl (C=O) groups excluding carboxylic acids is 1. The second kappa shape index (κ2) is 5.19. The van der Waals surface area contributed by atoms with Crippen LogP contribution in [0.25, 0.3) is 0 Å². The van der Waals surface area contributed by atoms with Crippen molar-refractivity contribution in [3.63, 3.8) is 0 Å². The minimum absolute atomic E-state index is 0.127. The van der Waals surface area contributed by atoms with Crippen LogP contribution < -0.4 is 11.1 Å². The molecule has 0 aliphatic rings. The molecule has 0 atom stereocenters. The van der Waals surface area contributed by atoms with Crippen LogP contribution >= 0.6 is 27.5 Å². The summed E-state index contributed by atoms with van der Waals surface area (Å²) in [6.07, 6.45) is 0. The third-order valence-electron chi connectivity index (χ3n) is 3.36. The molecule has 1 aromatic carbocycles. The van der Waals surface area contributed by atoms with Crippen LogP contribution in [0.15, 0.2) is 22.7 Å². The average Bonchev–Trinajstić information content (AvgIpc) is 2.20. The molecule has 1 rings (SSSR count). The number of hydrogen-bond acceptors (Lipinski definition) is 2. The van der Waals surface area contributed by atoms with Crippen LogP contribution in [0.1, 0.15) is 27.7 Å². The molecule has 0 spiro atoms.